The Hall–Kier alpha value is -1.60. The van der Waals surface area contributed by atoms with E-state index in [9.17, 15) is 0 Å². The van der Waals surface area contributed by atoms with E-state index in [0.29, 0.717) is 18.2 Å². The second kappa shape index (κ2) is 6.09. The molecule has 1 unspecified atom stereocenters. The Morgan fingerprint density at radius 1 is 1.50 bits per heavy atom. The number of nitriles is 1. The maximum atomic E-state index is 8.62. The van der Waals surface area contributed by atoms with Gasteiger partial charge in [0, 0.05) is 12.6 Å². The van der Waals surface area contributed by atoms with E-state index in [1.54, 1.807) is 12.3 Å². The summed E-state index contributed by atoms with van der Waals surface area (Å²) in [5.74, 6) is 0.604. The van der Waals surface area contributed by atoms with Crippen LogP contribution in [0, 0.1) is 17.2 Å². The van der Waals surface area contributed by atoms with Crippen LogP contribution in [0.3, 0.4) is 0 Å². The van der Waals surface area contributed by atoms with E-state index >= 15 is 0 Å². The molecule has 0 aliphatic rings. The van der Waals surface area contributed by atoms with Crippen molar-refractivity contribution in [2.75, 3.05) is 11.9 Å². The Kier molecular flexibility index (Phi) is 4.74. The molecule has 4 heteroatoms. The van der Waals surface area contributed by atoms with Gasteiger partial charge in [0.1, 0.15) is 11.8 Å². The molecule has 1 heterocycles. The van der Waals surface area contributed by atoms with E-state index in [4.69, 9.17) is 11.0 Å². The Balaban J connectivity index is 2.60. The molecule has 1 aromatic heterocycles. The highest BCUT2D eigenvalue weighted by Gasteiger charge is 2.08. The summed E-state index contributed by atoms with van der Waals surface area (Å²) in [6.45, 7) is 4.93. The lowest BCUT2D eigenvalue weighted by Crippen LogP contribution is -2.30. The van der Waals surface area contributed by atoms with Gasteiger partial charge in [-0.25, -0.2) is 4.98 Å². The zero-order valence-corrected chi connectivity index (χ0v) is 9.77. The van der Waals surface area contributed by atoms with Gasteiger partial charge in [0.15, 0.2) is 0 Å². The molecule has 0 aliphatic heterocycles. The molecule has 0 amide bonds. The summed E-state index contributed by atoms with van der Waals surface area (Å²) in [6.07, 6.45) is 2.69. The molecule has 0 radical (unpaired) electrons. The molecule has 0 saturated carbocycles. The van der Waals surface area contributed by atoms with Crippen molar-refractivity contribution in [3.8, 4) is 6.07 Å². The highest BCUT2D eigenvalue weighted by atomic mass is 14.9. The lowest BCUT2D eigenvalue weighted by atomic mass is 10.0. The van der Waals surface area contributed by atoms with Crippen LogP contribution < -0.4 is 11.1 Å². The predicted octanol–water partition coefficient (Wildman–Crippen LogP) is 1.74. The minimum atomic E-state index is 0.259. The van der Waals surface area contributed by atoms with Crippen LogP contribution in [0.4, 0.5) is 5.69 Å². The largest absolute Gasteiger partial charge is 0.380 e. The number of anilines is 1. The Morgan fingerprint density at radius 2 is 2.25 bits per heavy atom. The third kappa shape index (κ3) is 3.87. The van der Waals surface area contributed by atoms with Crippen molar-refractivity contribution >= 4 is 5.69 Å². The standard InChI is InChI=1S/C12H18N4/c1-9(2)5-12(7-14)16-11-4-3-10(6-13)15-8-11/h3-4,8-9,12,16H,5,7,14H2,1-2H3. The Labute approximate surface area is 96.5 Å². The molecule has 0 fully saturated rings. The van der Waals surface area contributed by atoms with Gasteiger partial charge >= 0.3 is 0 Å². The first kappa shape index (κ1) is 12.5. The van der Waals surface area contributed by atoms with E-state index in [1.165, 1.54) is 0 Å². The smallest absolute Gasteiger partial charge is 0.140 e. The van der Waals surface area contributed by atoms with E-state index < -0.39 is 0 Å². The summed E-state index contributed by atoms with van der Waals surface area (Å²) in [4.78, 5) is 4.00. The second-order valence-electron chi connectivity index (χ2n) is 4.25. The minimum Gasteiger partial charge on any atom is -0.380 e. The summed E-state index contributed by atoms with van der Waals surface area (Å²) in [5.41, 5.74) is 7.03. The van der Waals surface area contributed by atoms with Crippen molar-refractivity contribution in [1.82, 2.24) is 4.98 Å². The van der Waals surface area contributed by atoms with Gasteiger partial charge in [0.25, 0.3) is 0 Å². The first-order valence-electron chi connectivity index (χ1n) is 5.48. The molecule has 3 N–H and O–H groups in total. The van der Waals surface area contributed by atoms with Gasteiger partial charge in [-0.05, 0) is 24.5 Å². The van der Waals surface area contributed by atoms with Gasteiger partial charge in [-0.2, -0.15) is 5.26 Å². The van der Waals surface area contributed by atoms with Crippen molar-refractivity contribution < 1.29 is 0 Å². The molecular formula is C12H18N4. The van der Waals surface area contributed by atoms with Gasteiger partial charge in [-0.1, -0.05) is 13.8 Å². The summed E-state index contributed by atoms with van der Waals surface area (Å²) in [6, 6.07) is 5.80. The number of hydrogen-bond acceptors (Lipinski definition) is 4. The number of aromatic nitrogens is 1. The third-order valence-corrected chi connectivity index (χ3v) is 2.29. The van der Waals surface area contributed by atoms with E-state index in [1.807, 2.05) is 12.1 Å². The van der Waals surface area contributed by atoms with Crippen LogP contribution in [-0.4, -0.2) is 17.6 Å². The maximum Gasteiger partial charge on any atom is 0.140 e. The monoisotopic (exact) mass is 218 g/mol. The van der Waals surface area contributed by atoms with Crippen LogP contribution in [0.2, 0.25) is 0 Å². The van der Waals surface area contributed by atoms with Crippen molar-refractivity contribution in [1.29, 1.82) is 5.26 Å². The molecule has 1 rings (SSSR count). The lowest BCUT2D eigenvalue weighted by Gasteiger charge is -2.19. The van der Waals surface area contributed by atoms with Gasteiger partial charge in [0.2, 0.25) is 0 Å². The highest BCUT2D eigenvalue weighted by Crippen LogP contribution is 2.11. The average Bonchev–Trinajstić information content (AvgIpc) is 2.28. The van der Waals surface area contributed by atoms with E-state index in [0.717, 1.165) is 12.1 Å². The van der Waals surface area contributed by atoms with Gasteiger partial charge < -0.3 is 11.1 Å². The van der Waals surface area contributed by atoms with Gasteiger partial charge in [0.05, 0.1) is 11.9 Å². The normalized spacial score (nSPS) is 12.2. The second-order valence-corrected chi connectivity index (χ2v) is 4.25. The fourth-order valence-electron chi connectivity index (χ4n) is 1.56. The first-order valence-corrected chi connectivity index (χ1v) is 5.48. The third-order valence-electron chi connectivity index (χ3n) is 2.29. The molecule has 0 saturated heterocycles. The molecule has 0 spiro atoms. The molecular weight excluding hydrogens is 200 g/mol. The van der Waals surface area contributed by atoms with Crippen LogP contribution in [0.15, 0.2) is 18.3 Å². The van der Waals surface area contributed by atoms with E-state index in [2.05, 4.69) is 24.1 Å². The molecule has 86 valence electrons. The van der Waals surface area contributed by atoms with Crippen LogP contribution in [0.5, 0.6) is 0 Å². The quantitative estimate of drug-likeness (QED) is 0.789. The summed E-state index contributed by atoms with van der Waals surface area (Å²) < 4.78 is 0. The number of nitrogens with one attached hydrogen (secondary N) is 1. The number of nitrogens with zero attached hydrogens (tertiary/aromatic N) is 2. The summed E-state index contributed by atoms with van der Waals surface area (Å²) in [5, 5.41) is 11.9. The van der Waals surface area contributed by atoms with Crippen LogP contribution in [0.1, 0.15) is 26.0 Å². The molecule has 0 aromatic carbocycles. The molecule has 1 aromatic rings. The minimum absolute atomic E-state index is 0.259. The summed E-state index contributed by atoms with van der Waals surface area (Å²) >= 11 is 0. The predicted molar refractivity (Wildman–Crippen MR) is 64.9 cm³/mol. The van der Waals surface area contributed by atoms with Crippen molar-refractivity contribution in [2.24, 2.45) is 11.7 Å². The molecule has 0 bridgehead atoms. The molecule has 16 heavy (non-hydrogen) atoms. The number of nitrogens with two attached hydrogens (primary N) is 1. The van der Waals surface area contributed by atoms with Crippen molar-refractivity contribution in [3.63, 3.8) is 0 Å². The average molecular weight is 218 g/mol. The molecule has 0 aliphatic carbocycles. The SMILES string of the molecule is CC(C)CC(CN)Nc1ccc(C#N)nc1. The van der Waals surface area contributed by atoms with E-state index in [-0.39, 0.29) is 6.04 Å². The van der Waals surface area contributed by atoms with Gasteiger partial charge in [-0.15, -0.1) is 0 Å². The molecule has 4 nitrogen and oxygen atoms in total. The van der Waals surface area contributed by atoms with Crippen LogP contribution >= 0.6 is 0 Å². The number of hydrogen-bond donors (Lipinski definition) is 2. The maximum absolute atomic E-state index is 8.62. The van der Waals surface area contributed by atoms with Crippen molar-refractivity contribution in [3.05, 3.63) is 24.0 Å². The Bertz CT molecular complexity index is 350. The zero-order chi connectivity index (χ0) is 12.0. The number of rotatable bonds is 5. The highest BCUT2D eigenvalue weighted by molar-refractivity contribution is 5.43. The zero-order valence-electron chi connectivity index (χ0n) is 9.77. The summed E-state index contributed by atoms with van der Waals surface area (Å²) in [7, 11) is 0. The van der Waals surface area contributed by atoms with Crippen LogP contribution in [0.25, 0.3) is 0 Å². The fraction of sp³-hybridized carbons (Fsp3) is 0.500. The lowest BCUT2D eigenvalue weighted by molar-refractivity contribution is 0.522. The molecule has 1 atom stereocenters. The van der Waals surface area contributed by atoms with Crippen molar-refractivity contribution in [2.45, 2.75) is 26.3 Å². The first-order chi connectivity index (χ1) is 7.65. The number of pyridine rings is 1. The van der Waals surface area contributed by atoms with Crippen LogP contribution in [-0.2, 0) is 0 Å². The Morgan fingerprint density at radius 3 is 2.69 bits per heavy atom. The fourth-order valence-corrected chi connectivity index (χ4v) is 1.56. The topological polar surface area (TPSA) is 74.7 Å². The van der Waals surface area contributed by atoms with Gasteiger partial charge in [-0.3, -0.25) is 0 Å².